The van der Waals surface area contributed by atoms with Crippen LogP contribution in [0, 0.1) is 5.92 Å². The van der Waals surface area contributed by atoms with E-state index in [2.05, 4.69) is 0 Å². The fourth-order valence-electron chi connectivity index (χ4n) is 1.83. The zero-order valence-corrected chi connectivity index (χ0v) is 13.1. The van der Waals surface area contributed by atoms with Crippen molar-refractivity contribution in [2.75, 3.05) is 0 Å². The number of aliphatic carboxylic acids is 1. The normalized spacial score (nSPS) is 14.3. The maximum Gasteiger partial charge on any atom is 0.322 e. The number of hydrogen-bond donors (Lipinski definition) is 2. The Morgan fingerprint density at radius 2 is 1.81 bits per heavy atom. The van der Waals surface area contributed by atoms with E-state index in [1.807, 2.05) is 0 Å². The van der Waals surface area contributed by atoms with Crippen LogP contribution in [0.5, 0.6) is 0 Å². The highest BCUT2D eigenvalue weighted by Crippen LogP contribution is 2.17. The van der Waals surface area contributed by atoms with Crippen LogP contribution in [0.2, 0.25) is 5.02 Å². The summed E-state index contributed by atoms with van der Waals surface area (Å²) in [5.41, 5.74) is 5.94. The second-order valence-corrected chi connectivity index (χ2v) is 6.28. The highest BCUT2D eigenvalue weighted by atomic mass is 35.5. The molecule has 6 heteroatoms. The van der Waals surface area contributed by atoms with Gasteiger partial charge >= 0.3 is 11.9 Å². The number of halogens is 1. The number of esters is 1. The second-order valence-electron chi connectivity index (χ2n) is 5.84. The molecule has 0 aliphatic rings. The van der Waals surface area contributed by atoms with Crippen molar-refractivity contribution in [2.45, 2.75) is 38.8 Å². The van der Waals surface area contributed by atoms with Crippen molar-refractivity contribution in [3.8, 4) is 0 Å². The standard InChI is InChI=1S/C15H20ClNO4/c1-15(2,3)21-14(20)12(13(18)19)11(17)8-9-4-6-10(16)7-5-9/h4-7,11-12H,8,17H2,1-3H3,(H,18,19)/t11?,12-/m0/s1. The van der Waals surface area contributed by atoms with Crippen LogP contribution in [0.25, 0.3) is 0 Å². The highest BCUT2D eigenvalue weighted by Gasteiger charge is 2.36. The van der Waals surface area contributed by atoms with Gasteiger partial charge in [-0.05, 0) is 44.9 Å². The number of rotatable bonds is 5. The quantitative estimate of drug-likeness (QED) is 0.643. The van der Waals surface area contributed by atoms with Crippen molar-refractivity contribution in [3.05, 3.63) is 34.9 Å². The van der Waals surface area contributed by atoms with E-state index < -0.39 is 29.5 Å². The molecule has 0 heterocycles. The van der Waals surface area contributed by atoms with Crippen LogP contribution in [0.1, 0.15) is 26.3 Å². The van der Waals surface area contributed by atoms with Crippen molar-refractivity contribution in [3.63, 3.8) is 0 Å². The monoisotopic (exact) mass is 313 g/mol. The zero-order valence-electron chi connectivity index (χ0n) is 12.3. The SMILES string of the molecule is CC(C)(C)OC(=O)[C@H](C(=O)O)C(N)Cc1ccc(Cl)cc1. The first kappa shape index (κ1) is 17.5. The highest BCUT2D eigenvalue weighted by molar-refractivity contribution is 6.30. The van der Waals surface area contributed by atoms with E-state index >= 15 is 0 Å². The third-order valence-corrected chi connectivity index (χ3v) is 2.99. The molecule has 0 spiro atoms. The van der Waals surface area contributed by atoms with Crippen molar-refractivity contribution in [1.82, 2.24) is 0 Å². The van der Waals surface area contributed by atoms with Crippen molar-refractivity contribution >= 4 is 23.5 Å². The maximum atomic E-state index is 12.0. The van der Waals surface area contributed by atoms with Crippen molar-refractivity contribution < 1.29 is 19.4 Å². The maximum absolute atomic E-state index is 12.0. The molecule has 3 N–H and O–H groups in total. The summed E-state index contributed by atoms with van der Waals surface area (Å²) in [6.07, 6.45) is 0.243. The molecule has 0 radical (unpaired) electrons. The Labute approximate surface area is 129 Å². The summed E-state index contributed by atoms with van der Waals surface area (Å²) < 4.78 is 5.12. The number of ether oxygens (including phenoxy) is 1. The molecule has 0 saturated carbocycles. The Morgan fingerprint density at radius 3 is 2.24 bits per heavy atom. The van der Waals surface area contributed by atoms with Gasteiger partial charge in [0.15, 0.2) is 5.92 Å². The fourth-order valence-corrected chi connectivity index (χ4v) is 1.96. The van der Waals surface area contributed by atoms with Gasteiger partial charge in [-0.2, -0.15) is 0 Å². The van der Waals surface area contributed by atoms with Crippen LogP contribution >= 0.6 is 11.6 Å². The van der Waals surface area contributed by atoms with E-state index in [1.54, 1.807) is 45.0 Å². The summed E-state index contributed by atoms with van der Waals surface area (Å²) in [7, 11) is 0. The number of carbonyl (C=O) groups excluding carboxylic acids is 1. The molecule has 0 saturated heterocycles. The number of benzene rings is 1. The molecule has 21 heavy (non-hydrogen) atoms. The van der Waals surface area contributed by atoms with E-state index in [4.69, 9.17) is 22.1 Å². The molecule has 1 unspecified atom stereocenters. The number of nitrogens with two attached hydrogens (primary N) is 1. The van der Waals surface area contributed by atoms with Crippen LogP contribution < -0.4 is 5.73 Å². The van der Waals surface area contributed by atoms with Gasteiger partial charge in [0, 0.05) is 11.1 Å². The number of hydrogen-bond acceptors (Lipinski definition) is 4. The van der Waals surface area contributed by atoms with Gasteiger partial charge in [-0.1, -0.05) is 23.7 Å². The van der Waals surface area contributed by atoms with E-state index in [0.29, 0.717) is 5.02 Å². The number of carboxylic acids is 1. The Kier molecular flexibility index (Phi) is 5.75. The minimum absolute atomic E-state index is 0.243. The predicted octanol–water partition coefficient (Wildman–Crippen LogP) is 2.25. The van der Waals surface area contributed by atoms with Gasteiger partial charge in [0.1, 0.15) is 5.60 Å². The molecule has 0 amide bonds. The smallest absolute Gasteiger partial charge is 0.322 e. The molecule has 5 nitrogen and oxygen atoms in total. The van der Waals surface area contributed by atoms with Gasteiger partial charge in [0.25, 0.3) is 0 Å². The van der Waals surface area contributed by atoms with E-state index in [9.17, 15) is 14.7 Å². The van der Waals surface area contributed by atoms with E-state index in [-0.39, 0.29) is 6.42 Å². The van der Waals surface area contributed by atoms with Gasteiger partial charge < -0.3 is 15.6 Å². The van der Waals surface area contributed by atoms with Crippen molar-refractivity contribution in [2.24, 2.45) is 11.7 Å². The topological polar surface area (TPSA) is 89.6 Å². The first-order valence-electron chi connectivity index (χ1n) is 6.56. The molecule has 1 aromatic rings. The van der Waals surface area contributed by atoms with Gasteiger partial charge in [-0.25, -0.2) is 0 Å². The molecule has 0 fully saturated rings. The molecule has 1 aromatic carbocycles. The molecule has 0 aromatic heterocycles. The van der Waals surface area contributed by atoms with Crippen LogP contribution in [0.3, 0.4) is 0 Å². The first-order chi connectivity index (χ1) is 9.60. The molecule has 1 rings (SSSR count). The van der Waals surface area contributed by atoms with Crippen LogP contribution in [0.4, 0.5) is 0 Å². The first-order valence-corrected chi connectivity index (χ1v) is 6.93. The van der Waals surface area contributed by atoms with Gasteiger partial charge in [0.05, 0.1) is 0 Å². The molecular formula is C15H20ClNO4. The van der Waals surface area contributed by atoms with Crippen LogP contribution in [-0.2, 0) is 20.7 Å². The third kappa shape index (κ3) is 5.73. The molecular weight excluding hydrogens is 294 g/mol. The van der Waals surface area contributed by atoms with Crippen molar-refractivity contribution in [1.29, 1.82) is 0 Å². The Hall–Kier alpha value is -1.59. The fraction of sp³-hybridized carbons (Fsp3) is 0.467. The lowest BCUT2D eigenvalue weighted by Crippen LogP contribution is -2.45. The predicted molar refractivity (Wildman–Crippen MR) is 80.1 cm³/mol. The van der Waals surface area contributed by atoms with Gasteiger partial charge in [0.2, 0.25) is 0 Å². The minimum Gasteiger partial charge on any atom is -0.481 e. The van der Waals surface area contributed by atoms with Crippen LogP contribution in [-0.4, -0.2) is 28.7 Å². The molecule has 0 aliphatic heterocycles. The summed E-state index contributed by atoms with van der Waals surface area (Å²) in [6.45, 7) is 5.03. The number of carboxylic acid groups (broad SMARTS) is 1. The Morgan fingerprint density at radius 1 is 1.29 bits per heavy atom. The Balaban J connectivity index is 2.82. The third-order valence-electron chi connectivity index (χ3n) is 2.74. The molecule has 2 atom stereocenters. The lowest BCUT2D eigenvalue weighted by Gasteiger charge is -2.25. The van der Waals surface area contributed by atoms with Gasteiger partial charge in [-0.15, -0.1) is 0 Å². The largest absolute Gasteiger partial charge is 0.481 e. The number of carbonyl (C=O) groups is 2. The molecule has 0 bridgehead atoms. The van der Waals surface area contributed by atoms with Crippen LogP contribution in [0.15, 0.2) is 24.3 Å². The van der Waals surface area contributed by atoms with E-state index in [0.717, 1.165) is 5.56 Å². The molecule has 0 aliphatic carbocycles. The average Bonchev–Trinajstić information content (AvgIpc) is 2.29. The summed E-state index contributed by atoms with van der Waals surface area (Å²) in [4.78, 5) is 23.3. The van der Waals surface area contributed by atoms with Gasteiger partial charge in [-0.3, -0.25) is 9.59 Å². The lowest BCUT2D eigenvalue weighted by atomic mass is 9.94. The average molecular weight is 314 g/mol. The summed E-state index contributed by atoms with van der Waals surface area (Å²) in [5.74, 6) is -3.51. The van der Waals surface area contributed by atoms with E-state index in [1.165, 1.54) is 0 Å². The summed E-state index contributed by atoms with van der Waals surface area (Å²) in [6, 6.07) is 5.99. The lowest BCUT2D eigenvalue weighted by molar-refractivity contribution is -0.167. The zero-order chi connectivity index (χ0) is 16.2. The summed E-state index contributed by atoms with van der Waals surface area (Å²) >= 11 is 5.78. The summed E-state index contributed by atoms with van der Waals surface area (Å²) in [5, 5.41) is 9.81. The minimum atomic E-state index is -1.40. The molecule has 116 valence electrons. The second kappa shape index (κ2) is 6.91. The Bertz CT molecular complexity index is 507.